The molecule has 28 heavy (non-hydrogen) atoms. The van der Waals surface area contributed by atoms with E-state index in [1.165, 1.54) is 57.8 Å². The summed E-state index contributed by atoms with van der Waals surface area (Å²) in [5, 5.41) is 0. The summed E-state index contributed by atoms with van der Waals surface area (Å²) < 4.78 is 24.2. The highest BCUT2D eigenvalue weighted by atomic mass is 19.1. The molecule has 1 aliphatic heterocycles. The fraction of sp³-hybridized carbons (Fsp3) is 0.680. The molecule has 1 saturated heterocycles. The van der Waals surface area contributed by atoms with Gasteiger partial charge in [0.1, 0.15) is 5.82 Å². The first kappa shape index (κ1) is 20.1. The lowest BCUT2D eigenvalue weighted by molar-refractivity contribution is -0.0514. The van der Waals surface area contributed by atoms with Gasteiger partial charge in [-0.3, -0.25) is 0 Å². The van der Waals surface area contributed by atoms with Crippen LogP contribution in [0.15, 0.2) is 30.3 Å². The van der Waals surface area contributed by atoms with Crippen LogP contribution in [0.25, 0.3) is 6.08 Å². The molecule has 154 valence electrons. The largest absolute Gasteiger partial charge is 0.350 e. The number of ether oxygens (including phenoxy) is 2. The molecule has 2 saturated carbocycles. The zero-order chi connectivity index (χ0) is 19.2. The summed E-state index contributed by atoms with van der Waals surface area (Å²) in [6, 6.07) is 6.81. The van der Waals surface area contributed by atoms with Gasteiger partial charge in [-0.05, 0) is 92.7 Å². The molecule has 0 N–H and O–H groups in total. The molecule has 0 spiro atoms. The van der Waals surface area contributed by atoms with Crippen LogP contribution in [0.3, 0.4) is 0 Å². The van der Waals surface area contributed by atoms with Crippen LogP contribution < -0.4 is 0 Å². The third-order valence-corrected chi connectivity index (χ3v) is 7.31. The summed E-state index contributed by atoms with van der Waals surface area (Å²) in [7, 11) is 0. The quantitative estimate of drug-likeness (QED) is 0.548. The van der Waals surface area contributed by atoms with E-state index < -0.39 is 0 Å². The average Bonchev–Trinajstić information content (AvgIpc) is 3.26. The number of allylic oxidation sites excluding steroid dienone is 1. The van der Waals surface area contributed by atoms with E-state index in [0.29, 0.717) is 5.92 Å². The molecule has 0 bridgehead atoms. The molecule has 3 aliphatic rings. The summed E-state index contributed by atoms with van der Waals surface area (Å²) in [6.45, 7) is 1.55. The Labute approximate surface area is 169 Å². The molecule has 4 rings (SSSR count). The van der Waals surface area contributed by atoms with Gasteiger partial charge in [0.15, 0.2) is 6.29 Å². The zero-order valence-electron chi connectivity index (χ0n) is 17.0. The monoisotopic (exact) mass is 386 g/mol. The van der Waals surface area contributed by atoms with Gasteiger partial charge in [0.2, 0.25) is 0 Å². The minimum absolute atomic E-state index is 0.0796. The van der Waals surface area contributed by atoms with Gasteiger partial charge >= 0.3 is 0 Å². The molecule has 0 unspecified atom stereocenters. The molecule has 3 fully saturated rings. The number of benzene rings is 1. The van der Waals surface area contributed by atoms with Gasteiger partial charge in [-0.25, -0.2) is 4.39 Å². The van der Waals surface area contributed by atoms with Crippen LogP contribution >= 0.6 is 0 Å². The van der Waals surface area contributed by atoms with Gasteiger partial charge in [-0.2, -0.15) is 0 Å². The topological polar surface area (TPSA) is 18.5 Å². The lowest BCUT2D eigenvalue weighted by Gasteiger charge is -2.37. The van der Waals surface area contributed by atoms with Crippen LogP contribution in [0.2, 0.25) is 0 Å². The molecule has 0 amide bonds. The predicted molar refractivity (Wildman–Crippen MR) is 111 cm³/mol. The summed E-state index contributed by atoms with van der Waals surface area (Å²) in [5.41, 5.74) is 1.11. The second kappa shape index (κ2) is 10.0. The Morgan fingerprint density at radius 2 is 1.39 bits per heavy atom. The lowest BCUT2D eigenvalue weighted by atomic mass is 9.68. The van der Waals surface area contributed by atoms with E-state index in [1.807, 2.05) is 12.1 Å². The van der Waals surface area contributed by atoms with E-state index in [-0.39, 0.29) is 12.1 Å². The van der Waals surface area contributed by atoms with Crippen molar-refractivity contribution in [3.63, 3.8) is 0 Å². The van der Waals surface area contributed by atoms with Crippen molar-refractivity contribution in [3.05, 3.63) is 41.7 Å². The Balaban J connectivity index is 1.15. The minimum Gasteiger partial charge on any atom is -0.350 e. The molecule has 1 aromatic rings. The van der Waals surface area contributed by atoms with Crippen LogP contribution in [0.1, 0.15) is 69.8 Å². The van der Waals surface area contributed by atoms with Crippen LogP contribution in [-0.4, -0.2) is 19.5 Å². The first-order valence-electron chi connectivity index (χ1n) is 11.4. The maximum atomic E-state index is 13.0. The molecule has 0 radical (unpaired) electrons. The summed E-state index contributed by atoms with van der Waals surface area (Å²) in [6.07, 6.45) is 18.0. The number of halogens is 1. The average molecular weight is 387 g/mol. The van der Waals surface area contributed by atoms with Gasteiger partial charge < -0.3 is 9.47 Å². The van der Waals surface area contributed by atoms with E-state index in [1.54, 1.807) is 12.1 Å². The Morgan fingerprint density at radius 1 is 0.786 bits per heavy atom. The SMILES string of the molecule is Fc1ccc(/C=C/C2CCC([C@H]3CC[C@H](CCC4OCCO4)CC3)CC2)cc1. The standard InChI is InChI=1S/C25H35FO2/c26-24-14-7-20(8-15-24)2-1-19-3-10-22(11-4-19)23-12-5-21(6-13-23)9-16-25-27-17-18-28-25/h1-2,7-8,14-15,19,21-23,25H,3-6,9-13,16-18H2/b2-1+/t19?,21-,22?,23-. The zero-order valence-corrected chi connectivity index (χ0v) is 17.0. The van der Waals surface area contributed by atoms with E-state index in [2.05, 4.69) is 12.2 Å². The van der Waals surface area contributed by atoms with Crippen molar-refractivity contribution in [2.24, 2.45) is 23.7 Å². The third-order valence-electron chi connectivity index (χ3n) is 7.31. The fourth-order valence-corrected chi connectivity index (χ4v) is 5.52. The first-order valence-corrected chi connectivity index (χ1v) is 11.4. The molecule has 1 aromatic carbocycles. The van der Waals surface area contributed by atoms with Crippen molar-refractivity contribution in [2.75, 3.05) is 13.2 Å². The van der Waals surface area contributed by atoms with Crippen molar-refractivity contribution in [3.8, 4) is 0 Å². The van der Waals surface area contributed by atoms with Crippen LogP contribution in [-0.2, 0) is 9.47 Å². The van der Waals surface area contributed by atoms with Crippen molar-refractivity contribution in [1.82, 2.24) is 0 Å². The lowest BCUT2D eigenvalue weighted by Crippen LogP contribution is -2.26. The normalized spacial score (nSPS) is 32.2. The minimum atomic E-state index is -0.160. The van der Waals surface area contributed by atoms with Crippen LogP contribution in [0.4, 0.5) is 4.39 Å². The van der Waals surface area contributed by atoms with Crippen molar-refractivity contribution < 1.29 is 13.9 Å². The Hall–Kier alpha value is -1.19. The molecular weight excluding hydrogens is 351 g/mol. The molecule has 1 heterocycles. The molecule has 2 aliphatic carbocycles. The fourth-order valence-electron chi connectivity index (χ4n) is 5.52. The van der Waals surface area contributed by atoms with Crippen molar-refractivity contribution in [2.45, 2.75) is 70.5 Å². The molecule has 3 heteroatoms. The molecule has 0 aromatic heterocycles. The Kier molecular flexibility index (Phi) is 7.20. The second-order valence-corrected chi connectivity index (χ2v) is 9.11. The Bertz CT molecular complexity index is 604. The summed E-state index contributed by atoms with van der Waals surface area (Å²) in [5.74, 6) is 3.32. The van der Waals surface area contributed by atoms with Crippen LogP contribution in [0.5, 0.6) is 0 Å². The number of hydrogen-bond donors (Lipinski definition) is 0. The van der Waals surface area contributed by atoms with Gasteiger partial charge in [0.25, 0.3) is 0 Å². The smallest absolute Gasteiger partial charge is 0.157 e. The highest BCUT2D eigenvalue weighted by Gasteiger charge is 2.30. The number of rotatable bonds is 6. The summed E-state index contributed by atoms with van der Waals surface area (Å²) in [4.78, 5) is 0. The Morgan fingerprint density at radius 3 is 2.04 bits per heavy atom. The maximum Gasteiger partial charge on any atom is 0.157 e. The third kappa shape index (κ3) is 5.67. The molecular formula is C25H35FO2. The van der Waals surface area contributed by atoms with E-state index in [0.717, 1.165) is 43.0 Å². The maximum absolute atomic E-state index is 13.0. The van der Waals surface area contributed by atoms with Gasteiger partial charge in [-0.15, -0.1) is 0 Å². The number of hydrogen-bond acceptors (Lipinski definition) is 2. The van der Waals surface area contributed by atoms with Crippen molar-refractivity contribution >= 4 is 6.08 Å². The highest BCUT2D eigenvalue weighted by molar-refractivity contribution is 5.49. The summed E-state index contributed by atoms with van der Waals surface area (Å²) >= 11 is 0. The van der Waals surface area contributed by atoms with Crippen molar-refractivity contribution in [1.29, 1.82) is 0 Å². The van der Waals surface area contributed by atoms with Gasteiger partial charge in [0.05, 0.1) is 13.2 Å². The molecule has 2 nitrogen and oxygen atoms in total. The van der Waals surface area contributed by atoms with Gasteiger partial charge in [-0.1, -0.05) is 37.1 Å². The highest BCUT2D eigenvalue weighted by Crippen LogP contribution is 2.42. The van der Waals surface area contributed by atoms with E-state index >= 15 is 0 Å². The predicted octanol–water partition coefficient (Wildman–Crippen LogP) is 6.60. The van der Waals surface area contributed by atoms with E-state index in [9.17, 15) is 4.39 Å². The molecule has 0 atom stereocenters. The van der Waals surface area contributed by atoms with Crippen LogP contribution in [0, 0.1) is 29.5 Å². The van der Waals surface area contributed by atoms with Gasteiger partial charge in [0, 0.05) is 0 Å². The van der Waals surface area contributed by atoms with E-state index in [4.69, 9.17) is 9.47 Å². The second-order valence-electron chi connectivity index (χ2n) is 9.11. The first-order chi connectivity index (χ1) is 13.8.